The minimum atomic E-state index is -4.48. The van der Waals surface area contributed by atoms with Gasteiger partial charge in [0.2, 0.25) is 0 Å². The number of hydrogen-bond donors (Lipinski definition) is 0. The molecule has 15 heteroatoms. The summed E-state index contributed by atoms with van der Waals surface area (Å²) < 4.78 is 93.7. The van der Waals surface area contributed by atoms with Crippen LogP contribution < -0.4 is 9.78 Å². The second kappa shape index (κ2) is 16.6. The van der Waals surface area contributed by atoms with Crippen LogP contribution in [0, 0.1) is 42.4 Å². The van der Waals surface area contributed by atoms with Crippen molar-refractivity contribution in [1.82, 2.24) is 29.6 Å². The third-order valence-corrected chi connectivity index (χ3v) is 6.64. The second-order valence-electron chi connectivity index (χ2n) is 11.3. The minimum Gasteiger partial charge on any atom is -0.573 e. The van der Waals surface area contributed by atoms with Crippen LogP contribution in [0.3, 0.4) is 0 Å². The van der Waals surface area contributed by atoms with Crippen molar-refractivity contribution in [3.05, 3.63) is 150 Å². The summed E-state index contributed by atoms with van der Waals surface area (Å²) in [5.41, 5.74) is 1.03. The summed E-state index contributed by atoms with van der Waals surface area (Å²) in [7, 11) is 3.69. The first-order chi connectivity index (χ1) is 22.6. The van der Waals surface area contributed by atoms with E-state index in [2.05, 4.69) is 39.5 Å². The summed E-state index contributed by atoms with van der Waals surface area (Å²) in [6.07, 6.45) is 3.88. The number of nitrogens with zero attached hydrogens (tertiary/aromatic N) is 7. The fourth-order valence-corrected chi connectivity index (χ4v) is 4.06. The molecular formula is C34H29F7IrN7-3. The Morgan fingerprint density at radius 3 is 1.98 bits per heavy atom. The number of rotatable bonds is 5. The minimum absolute atomic E-state index is 0. The Bertz CT molecular complexity index is 1930. The van der Waals surface area contributed by atoms with Gasteiger partial charge in [-0.1, -0.05) is 32.5 Å². The largest absolute Gasteiger partial charge is 0.573 e. The van der Waals surface area contributed by atoms with Gasteiger partial charge in [-0.2, -0.15) is 35.1 Å². The van der Waals surface area contributed by atoms with Crippen molar-refractivity contribution in [2.45, 2.75) is 45.5 Å². The molecule has 6 aromatic rings. The molecule has 7 nitrogen and oxygen atoms in total. The van der Waals surface area contributed by atoms with E-state index in [1.165, 1.54) is 0 Å². The molecule has 0 saturated heterocycles. The van der Waals surface area contributed by atoms with Gasteiger partial charge < -0.3 is 10.2 Å². The average molecular weight is 861 g/mol. The van der Waals surface area contributed by atoms with Gasteiger partial charge in [-0.25, -0.2) is 4.68 Å². The molecule has 4 aromatic heterocycles. The number of aromatic nitrogens is 7. The van der Waals surface area contributed by atoms with Crippen LogP contribution in [0.25, 0.3) is 11.4 Å². The van der Waals surface area contributed by atoms with Gasteiger partial charge in [0, 0.05) is 87.4 Å². The Morgan fingerprint density at radius 2 is 1.49 bits per heavy atom. The van der Waals surface area contributed by atoms with Crippen molar-refractivity contribution in [2.24, 2.45) is 0 Å². The molecule has 0 atom stereocenters. The van der Waals surface area contributed by atoms with Gasteiger partial charge in [0.1, 0.15) is 5.69 Å². The van der Waals surface area contributed by atoms with E-state index < -0.39 is 35.1 Å². The first-order valence-electron chi connectivity index (χ1n) is 14.2. The Balaban J connectivity index is 0.000000200. The molecule has 0 fully saturated rings. The van der Waals surface area contributed by atoms with E-state index in [1.807, 2.05) is 26.8 Å². The van der Waals surface area contributed by atoms with Crippen LogP contribution in [-0.4, -0.2) is 24.5 Å². The molecule has 2 aromatic carbocycles. The molecule has 49 heavy (non-hydrogen) atoms. The van der Waals surface area contributed by atoms with Crippen LogP contribution in [0.1, 0.15) is 43.2 Å². The van der Waals surface area contributed by atoms with Gasteiger partial charge in [0.25, 0.3) is 0 Å². The van der Waals surface area contributed by atoms with Gasteiger partial charge >= 0.3 is 6.18 Å². The number of alkyl halides is 3. The van der Waals surface area contributed by atoms with Crippen molar-refractivity contribution in [3.8, 4) is 11.4 Å². The number of hydrogen-bond acceptors (Lipinski definition) is 3. The first-order valence-corrected chi connectivity index (χ1v) is 14.2. The standard InChI is InChI=1S/C13H13F3N3.C11H9F2N2.C10H7F2N2.Ir/c1-12(2,3)8-4-5-17-9(6-8)10-7-11(19-18-10)13(14,15)16;1-14-5-2-6-15(14)8-9-3-4-10(12)7-11(9)13;11-9-3-2-8(10(12)6-9)7-14-5-1-4-13-14;/h4-7H,1-3H3;2,4-7H,1,8H2;1,3-6H,7H2;/q3*-1;. The van der Waals surface area contributed by atoms with E-state index in [0.717, 1.165) is 35.9 Å². The molecular weight excluding hydrogens is 832 g/mol. The Hall–Kier alpha value is -4.75. The molecule has 0 saturated carbocycles. The zero-order valence-corrected chi connectivity index (χ0v) is 28.7. The van der Waals surface area contributed by atoms with Crippen molar-refractivity contribution in [3.63, 3.8) is 0 Å². The molecule has 0 aliphatic heterocycles. The summed E-state index contributed by atoms with van der Waals surface area (Å²) >= 11 is 0. The predicted molar refractivity (Wildman–Crippen MR) is 161 cm³/mol. The molecule has 0 spiro atoms. The monoisotopic (exact) mass is 861 g/mol. The van der Waals surface area contributed by atoms with Crippen molar-refractivity contribution in [2.75, 3.05) is 0 Å². The Labute approximate surface area is 291 Å². The summed E-state index contributed by atoms with van der Waals surface area (Å²) in [4.78, 5) is 4.05. The molecule has 1 radical (unpaired) electrons. The third-order valence-electron chi connectivity index (χ3n) is 6.64. The summed E-state index contributed by atoms with van der Waals surface area (Å²) in [5, 5.41) is 10.6. The zero-order chi connectivity index (χ0) is 35.1. The molecule has 261 valence electrons. The topological polar surface area (TPSA) is 66.5 Å². The third kappa shape index (κ3) is 11.1. The zero-order valence-electron chi connectivity index (χ0n) is 26.3. The summed E-state index contributed by atoms with van der Waals surface area (Å²) in [6, 6.07) is 17.0. The summed E-state index contributed by atoms with van der Waals surface area (Å²) in [6.45, 7) is 6.60. The quantitative estimate of drug-likeness (QED) is 0.107. The van der Waals surface area contributed by atoms with Crippen LogP contribution >= 0.6 is 0 Å². The Kier molecular flexibility index (Phi) is 13.1. The molecule has 0 amide bonds. The van der Waals surface area contributed by atoms with E-state index >= 15 is 0 Å². The number of benzene rings is 2. The number of halogens is 7. The van der Waals surface area contributed by atoms with Gasteiger partial charge in [-0.3, -0.25) is 27.2 Å². The number of pyridine rings is 1. The van der Waals surface area contributed by atoms with E-state index in [0.29, 0.717) is 16.8 Å². The van der Waals surface area contributed by atoms with E-state index in [9.17, 15) is 30.7 Å². The molecule has 6 rings (SSSR count). The van der Waals surface area contributed by atoms with Crippen molar-refractivity contribution < 1.29 is 55.5 Å². The van der Waals surface area contributed by atoms with Gasteiger partial charge in [0.05, 0.1) is 12.7 Å². The SMILES string of the molecule is CC(C)(C)c1ccnc(-c2cc(C(F)(F)F)n[n-]2)c1.Fc1c[c-]c(Cn2cccn2)c(F)c1.[CH2-][n+]1cccn1Cc1[c-]cc(F)cc1F.[Ir]. The van der Waals surface area contributed by atoms with Crippen LogP contribution in [0.2, 0.25) is 0 Å². The average Bonchev–Trinajstić information content (AvgIpc) is 3.80. The maximum Gasteiger partial charge on any atom is 0.431 e. The van der Waals surface area contributed by atoms with E-state index in [1.54, 1.807) is 63.2 Å². The molecule has 0 aliphatic carbocycles. The molecule has 0 N–H and O–H groups in total. The van der Waals surface area contributed by atoms with Crippen LogP contribution in [0.4, 0.5) is 30.7 Å². The van der Waals surface area contributed by atoms with Gasteiger partial charge in [-0.15, -0.1) is 35.4 Å². The molecule has 4 heterocycles. The van der Waals surface area contributed by atoms with Crippen LogP contribution in [0.15, 0.2) is 85.6 Å². The molecule has 0 bridgehead atoms. The van der Waals surface area contributed by atoms with Crippen LogP contribution in [-0.2, 0) is 44.8 Å². The fourth-order valence-electron chi connectivity index (χ4n) is 4.06. The van der Waals surface area contributed by atoms with E-state index in [-0.39, 0.29) is 44.3 Å². The van der Waals surface area contributed by atoms with Gasteiger partial charge in [0.15, 0.2) is 0 Å². The second-order valence-corrected chi connectivity index (χ2v) is 11.3. The van der Waals surface area contributed by atoms with Gasteiger partial charge in [-0.05, 0) is 35.2 Å². The molecule has 0 aliphatic rings. The summed E-state index contributed by atoms with van der Waals surface area (Å²) in [5.74, 6) is -2.43. The smallest absolute Gasteiger partial charge is 0.431 e. The first kappa shape index (κ1) is 38.7. The Morgan fingerprint density at radius 1 is 0.857 bits per heavy atom. The predicted octanol–water partition coefficient (Wildman–Crippen LogP) is 6.97. The maximum atomic E-state index is 13.3. The normalized spacial score (nSPS) is 11.1. The van der Waals surface area contributed by atoms with Crippen LogP contribution in [0.5, 0.6) is 0 Å². The maximum absolute atomic E-state index is 13.3. The molecule has 0 unspecified atom stereocenters. The van der Waals surface area contributed by atoms with Crippen molar-refractivity contribution >= 4 is 0 Å². The fraction of sp³-hybridized carbons (Fsp3) is 0.206. The van der Waals surface area contributed by atoms with E-state index in [4.69, 9.17) is 0 Å². The van der Waals surface area contributed by atoms with Crippen molar-refractivity contribution in [1.29, 1.82) is 0 Å².